The summed E-state index contributed by atoms with van der Waals surface area (Å²) in [5, 5.41) is 5.87. The summed E-state index contributed by atoms with van der Waals surface area (Å²) in [5.41, 5.74) is 6.73. The molecule has 1 aliphatic rings. The minimum atomic E-state index is -0.237. The molecule has 1 aromatic heterocycles. The van der Waals surface area contributed by atoms with Gasteiger partial charge in [0.05, 0.1) is 11.3 Å². The van der Waals surface area contributed by atoms with Crippen molar-refractivity contribution in [2.75, 3.05) is 23.1 Å². The van der Waals surface area contributed by atoms with Crippen molar-refractivity contribution in [2.45, 2.75) is 25.7 Å². The van der Waals surface area contributed by atoms with E-state index in [1.165, 1.54) is 18.4 Å². The van der Waals surface area contributed by atoms with Gasteiger partial charge in [-0.3, -0.25) is 10.6 Å². The molecule has 3 rings (SSSR count). The molecular formula is C17H21N5O. The summed E-state index contributed by atoms with van der Waals surface area (Å²) in [6.45, 7) is 2.05. The van der Waals surface area contributed by atoms with Gasteiger partial charge in [-0.2, -0.15) is 0 Å². The Hall–Kier alpha value is -2.60. The van der Waals surface area contributed by atoms with E-state index >= 15 is 0 Å². The lowest BCUT2D eigenvalue weighted by atomic mass is 10.1. The smallest absolute Gasteiger partial charge is 0.258 e. The van der Waals surface area contributed by atoms with Crippen molar-refractivity contribution in [2.24, 2.45) is 5.84 Å². The van der Waals surface area contributed by atoms with Gasteiger partial charge in [-0.25, -0.2) is 4.98 Å². The molecule has 0 spiro atoms. The predicted octanol–water partition coefficient (Wildman–Crippen LogP) is 2.85. The van der Waals surface area contributed by atoms with Gasteiger partial charge >= 0.3 is 0 Å². The number of nitrogens with one attached hydrogen (secondary N) is 3. The third-order valence-corrected chi connectivity index (χ3v) is 4.05. The van der Waals surface area contributed by atoms with Crippen LogP contribution in [0.2, 0.25) is 0 Å². The number of rotatable bonds is 5. The fraction of sp³-hybridized carbons (Fsp3) is 0.294. The number of amides is 1. The average molecular weight is 311 g/mol. The SMILES string of the molecule is CNc1ccc(C(=O)Nc2ccc(C)c(C3CC3)n2)c(NN)c1. The first-order valence-electron chi connectivity index (χ1n) is 7.69. The van der Waals surface area contributed by atoms with Gasteiger partial charge in [0.25, 0.3) is 5.91 Å². The molecule has 0 saturated heterocycles. The van der Waals surface area contributed by atoms with Gasteiger partial charge in [0, 0.05) is 24.3 Å². The van der Waals surface area contributed by atoms with Crippen molar-refractivity contribution in [1.82, 2.24) is 4.98 Å². The molecule has 0 atom stereocenters. The Kier molecular flexibility index (Phi) is 4.16. The molecule has 23 heavy (non-hydrogen) atoms. The van der Waals surface area contributed by atoms with Crippen LogP contribution in [0.15, 0.2) is 30.3 Å². The summed E-state index contributed by atoms with van der Waals surface area (Å²) >= 11 is 0. The second-order valence-electron chi connectivity index (χ2n) is 5.78. The van der Waals surface area contributed by atoms with Gasteiger partial charge in [-0.15, -0.1) is 0 Å². The zero-order chi connectivity index (χ0) is 16.4. The largest absolute Gasteiger partial charge is 0.388 e. The molecule has 6 nitrogen and oxygen atoms in total. The van der Waals surface area contributed by atoms with Crippen LogP contribution in [0.5, 0.6) is 0 Å². The monoisotopic (exact) mass is 311 g/mol. The van der Waals surface area contributed by atoms with Crippen LogP contribution in [0.4, 0.5) is 17.2 Å². The summed E-state index contributed by atoms with van der Waals surface area (Å²) in [7, 11) is 1.81. The molecule has 0 bridgehead atoms. The van der Waals surface area contributed by atoms with Crippen molar-refractivity contribution in [1.29, 1.82) is 0 Å². The number of aryl methyl sites for hydroxylation is 1. The van der Waals surface area contributed by atoms with E-state index in [2.05, 4.69) is 28.0 Å². The van der Waals surface area contributed by atoms with E-state index in [-0.39, 0.29) is 5.91 Å². The summed E-state index contributed by atoms with van der Waals surface area (Å²) < 4.78 is 0. The van der Waals surface area contributed by atoms with E-state index in [0.717, 1.165) is 11.4 Å². The molecule has 1 fully saturated rings. The second kappa shape index (κ2) is 6.26. The quantitative estimate of drug-likeness (QED) is 0.503. The van der Waals surface area contributed by atoms with Gasteiger partial charge < -0.3 is 16.1 Å². The number of nitrogens with two attached hydrogens (primary N) is 1. The van der Waals surface area contributed by atoms with E-state index in [4.69, 9.17) is 5.84 Å². The number of nitrogen functional groups attached to an aromatic ring is 1. The summed E-state index contributed by atoms with van der Waals surface area (Å²) in [6, 6.07) is 9.17. The Morgan fingerprint density at radius 3 is 2.70 bits per heavy atom. The topological polar surface area (TPSA) is 92.1 Å². The van der Waals surface area contributed by atoms with Crippen LogP contribution < -0.4 is 21.9 Å². The number of pyridine rings is 1. The molecule has 0 radical (unpaired) electrons. The van der Waals surface area contributed by atoms with Gasteiger partial charge in [0.15, 0.2) is 0 Å². The third kappa shape index (κ3) is 3.27. The van der Waals surface area contributed by atoms with Crippen molar-refractivity contribution in [3.05, 3.63) is 47.2 Å². The number of nitrogens with zero attached hydrogens (tertiary/aromatic N) is 1. The number of carbonyl (C=O) groups excluding carboxylic acids is 1. The maximum atomic E-state index is 12.5. The van der Waals surface area contributed by atoms with E-state index in [9.17, 15) is 4.79 Å². The first kappa shape index (κ1) is 15.3. The number of hydrogen-bond acceptors (Lipinski definition) is 5. The van der Waals surface area contributed by atoms with Crippen molar-refractivity contribution >= 4 is 23.1 Å². The van der Waals surface area contributed by atoms with Gasteiger partial charge in [0.1, 0.15) is 5.82 Å². The highest BCUT2D eigenvalue weighted by Crippen LogP contribution is 2.40. The van der Waals surface area contributed by atoms with Crippen molar-refractivity contribution < 1.29 is 4.79 Å². The third-order valence-electron chi connectivity index (χ3n) is 4.05. The molecule has 1 aliphatic carbocycles. The Bertz CT molecular complexity index is 740. The van der Waals surface area contributed by atoms with Crippen LogP contribution in [0, 0.1) is 6.92 Å². The number of benzene rings is 1. The maximum Gasteiger partial charge on any atom is 0.258 e. The highest BCUT2D eigenvalue weighted by atomic mass is 16.1. The number of carbonyl (C=O) groups is 1. The van der Waals surface area contributed by atoms with Crippen molar-refractivity contribution in [3.63, 3.8) is 0 Å². The number of anilines is 3. The van der Waals surface area contributed by atoms with Crippen LogP contribution in [0.3, 0.4) is 0 Å². The summed E-state index contributed by atoms with van der Waals surface area (Å²) in [5.74, 6) is 6.40. The molecule has 0 unspecified atom stereocenters. The molecule has 1 saturated carbocycles. The van der Waals surface area contributed by atoms with Gasteiger partial charge in [-0.1, -0.05) is 6.07 Å². The minimum absolute atomic E-state index is 0.237. The normalized spacial score (nSPS) is 13.5. The minimum Gasteiger partial charge on any atom is -0.388 e. The highest BCUT2D eigenvalue weighted by molar-refractivity contribution is 6.08. The van der Waals surface area contributed by atoms with Crippen LogP contribution in [-0.4, -0.2) is 17.9 Å². The molecule has 2 aromatic rings. The van der Waals surface area contributed by atoms with Crippen LogP contribution in [0.1, 0.15) is 40.4 Å². The van der Waals surface area contributed by atoms with E-state index in [1.54, 1.807) is 12.1 Å². The Morgan fingerprint density at radius 2 is 2.04 bits per heavy atom. The molecule has 1 amide bonds. The summed E-state index contributed by atoms with van der Waals surface area (Å²) in [4.78, 5) is 17.1. The number of hydrogen-bond donors (Lipinski definition) is 4. The molecule has 1 heterocycles. The van der Waals surface area contributed by atoms with E-state index in [1.807, 2.05) is 25.2 Å². The predicted molar refractivity (Wildman–Crippen MR) is 92.7 cm³/mol. The molecule has 1 aromatic carbocycles. The van der Waals surface area contributed by atoms with Gasteiger partial charge in [-0.05, 0) is 49.6 Å². The van der Waals surface area contributed by atoms with Gasteiger partial charge in [0.2, 0.25) is 0 Å². The summed E-state index contributed by atoms with van der Waals surface area (Å²) in [6.07, 6.45) is 2.36. The van der Waals surface area contributed by atoms with E-state index in [0.29, 0.717) is 23.0 Å². The van der Waals surface area contributed by atoms with Crippen LogP contribution >= 0.6 is 0 Å². The first-order chi connectivity index (χ1) is 11.1. The number of hydrazine groups is 1. The second-order valence-corrected chi connectivity index (χ2v) is 5.78. The number of aromatic nitrogens is 1. The Balaban J connectivity index is 1.83. The Labute approximate surface area is 135 Å². The Morgan fingerprint density at radius 1 is 1.26 bits per heavy atom. The molecule has 6 heteroatoms. The van der Waals surface area contributed by atoms with E-state index < -0.39 is 0 Å². The highest BCUT2D eigenvalue weighted by Gasteiger charge is 2.27. The van der Waals surface area contributed by atoms with Crippen molar-refractivity contribution in [3.8, 4) is 0 Å². The average Bonchev–Trinajstić information content (AvgIpc) is 3.40. The molecule has 120 valence electrons. The van der Waals surface area contributed by atoms with Crippen LogP contribution in [0.25, 0.3) is 0 Å². The zero-order valence-corrected chi connectivity index (χ0v) is 13.3. The molecule has 0 aliphatic heterocycles. The molecule has 5 N–H and O–H groups in total. The standard InChI is InChI=1S/C17H21N5O/c1-10-3-8-15(20-16(10)11-4-5-11)21-17(23)13-7-6-12(19-2)9-14(13)22-18/h3,6-9,11,19,22H,4-5,18H2,1-2H3,(H,20,21,23). The fourth-order valence-corrected chi connectivity index (χ4v) is 2.59. The lowest BCUT2D eigenvalue weighted by molar-refractivity contribution is 0.102. The fourth-order valence-electron chi connectivity index (χ4n) is 2.59. The zero-order valence-electron chi connectivity index (χ0n) is 13.3. The molecular weight excluding hydrogens is 290 g/mol. The van der Waals surface area contributed by atoms with Crippen LogP contribution in [-0.2, 0) is 0 Å². The lowest BCUT2D eigenvalue weighted by Crippen LogP contribution is -2.18. The maximum absolute atomic E-state index is 12.5. The first-order valence-corrected chi connectivity index (χ1v) is 7.69. The lowest BCUT2D eigenvalue weighted by Gasteiger charge is -2.12.